The van der Waals surface area contributed by atoms with Crippen LogP contribution in [0.5, 0.6) is 0 Å². The van der Waals surface area contributed by atoms with Crippen molar-refractivity contribution in [1.29, 1.82) is 0 Å². The zero-order valence-corrected chi connectivity index (χ0v) is 6.74. The SMILES string of the molecule is Cc1cnc(CN)c(C(=O)O)c1. The van der Waals surface area contributed by atoms with E-state index in [1.807, 2.05) is 0 Å². The largest absolute Gasteiger partial charge is 0.478 e. The summed E-state index contributed by atoms with van der Waals surface area (Å²) in [5.74, 6) is -0.980. The summed E-state index contributed by atoms with van der Waals surface area (Å²) in [6, 6.07) is 1.57. The maximum absolute atomic E-state index is 10.6. The van der Waals surface area contributed by atoms with E-state index < -0.39 is 5.97 Å². The average molecular weight is 166 g/mol. The van der Waals surface area contributed by atoms with Crippen LogP contribution in [0.2, 0.25) is 0 Å². The minimum atomic E-state index is -0.980. The molecule has 0 spiro atoms. The second-order valence-electron chi connectivity index (χ2n) is 2.52. The predicted octanol–water partition coefficient (Wildman–Crippen LogP) is 0.547. The molecule has 0 saturated carbocycles. The first kappa shape index (κ1) is 8.67. The molecule has 0 aliphatic carbocycles. The molecular weight excluding hydrogens is 156 g/mol. The molecule has 0 atom stereocenters. The van der Waals surface area contributed by atoms with Gasteiger partial charge in [0.05, 0.1) is 11.3 Å². The van der Waals surface area contributed by atoms with Crippen molar-refractivity contribution in [2.24, 2.45) is 5.73 Å². The molecule has 0 fully saturated rings. The van der Waals surface area contributed by atoms with Gasteiger partial charge in [0.15, 0.2) is 0 Å². The standard InChI is InChI=1S/C8H10N2O2/c1-5-2-6(8(11)12)7(3-9)10-4-5/h2,4H,3,9H2,1H3,(H,11,12). The van der Waals surface area contributed by atoms with Gasteiger partial charge >= 0.3 is 5.97 Å². The van der Waals surface area contributed by atoms with E-state index in [0.29, 0.717) is 5.69 Å². The number of hydrogen-bond acceptors (Lipinski definition) is 3. The summed E-state index contributed by atoms with van der Waals surface area (Å²) >= 11 is 0. The van der Waals surface area contributed by atoms with Crippen LogP contribution >= 0.6 is 0 Å². The summed E-state index contributed by atoms with van der Waals surface area (Å²) in [6.07, 6.45) is 1.61. The quantitative estimate of drug-likeness (QED) is 0.672. The van der Waals surface area contributed by atoms with Gasteiger partial charge in [0, 0.05) is 12.7 Å². The van der Waals surface area contributed by atoms with Crippen molar-refractivity contribution < 1.29 is 9.90 Å². The molecule has 4 nitrogen and oxygen atoms in total. The van der Waals surface area contributed by atoms with E-state index in [0.717, 1.165) is 5.56 Å². The van der Waals surface area contributed by atoms with Gasteiger partial charge in [-0.3, -0.25) is 4.98 Å². The number of aromatic carboxylic acids is 1. The Labute approximate surface area is 70.0 Å². The van der Waals surface area contributed by atoms with Crippen molar-refractivity contribution >= 4 is 5.97 Å². The summed E-state index contributed by atoms with van der Waals surface area (Å²) < 4.78 is 0. The monoisotopic (exact) mass is 166 g/mol. The molecule has 1 aromatic rings. The average Bonchev–Trinajstić information content (AvgIpc) is 2.04. The van der Waals surface area contributed by atoms with E-state index in [1.54, 1.807) is 19.2 Å². The first-order valence-corrected chi connectivity index (χ1v) is 3.54. The molecule has 1 heterocycles. The number of carboxylic acid groups (broad SMARTS) is 1. The normalized spacial score (nSPS) is 9.83. The highest BCUT2D eigenvalue weighted by Crippen LogP contribution is 2.07. The van der Waals surface area contributed by atoms with Crippen LogP contribution in [0.25, 0.3) is 0 Å². The van der Waals surface area contributed by atoms with E-state index in [2.05, 4.69) is 4.98 Å². The van der Waals surface area contributed by atoms with Crippen LogP contribution < -0.4 is 5.73 Å². The van der Waals surface area contributed by atoms with E-state index in [1.165, 1.54) is 0 Å². The number of hydrogen-bond donors (Lipinski definition) is 2. The van der Waals surface area contributed by atoms with Crippen molar-refractivity contribution in [3.8, 4) is 0 Å². The summed E-state index contributed by atoms with van der Waals surface area (Å²) in [7, 11) is 0. The van der Waals surface area contributed by atoms with Gasteiger partial charge in [-0.1, -0.05) is 0 Å². The second-order valence-corrected chi connectivity index (χ2v) is 2.52. The molecule has 0 bridgehead atoms. The van der Waals surface area contributed by atoms with Crippen LogP contribution in [0, 0.1) is 6.92 Å². The molecule has 1 aromatic heterocycles. The number of pyridine rings is 1. The van der Waals surface area contributed by atoms with Gasteiger partial charge in [-0.05, 0) is 18.6 Å². The number of carbonyl (C=O) groups is 1. The lowest BCUT2D eigenvalue weighted by Gasteiger charge is -2.02. The van der Waals surface area contributed by atoms with Crippen LogP contribution in [0.3, 0.4) is 0 Å². The lowest BCUT2D eigenvalue weighted by atomic mass is 10.1. The Morgan fingerprint density at radius 3 is 2.92 bits per heavy atom. The molecule has 12 heavy (non-hydrogen) atoms. The summed E-state index contributed by atoms with van der Waals surface area (Å²) in [5.41, 5.74) is 6.75. The summed E-state index contributed by atoms with van der Waals surface area (Å²) in [6.45, 7) is 1.95. The Morgan fingerprint density at radius 2 is 2.42 bits per heavy atom. The Hall–Kier alpha value is -1.42. The van der Waals surface area contributed by atoms with Gasteiger partial charge in [-0.25, -0.2) is 4.79 Å². The molecule has 0 aromatic carbocycles. The highest BCUT2D eigenvalue weighted by Gasteiger charge is 2.09. The van der Waals surface area contributed by atoms with Crippen molar-refractivity contribution in [2.75, 3.05) is 0 Å². The minimum absolute atomic E-state index is 0.155. The third kappa shape index (κ3) is 1.60. The maximum Gasteiger partial charge on any atom is 0.337 e. The highest BCUT2D eigenvalue weighted by molar-refractivity contribution is 5.88. The fraction of sp³-hybridized carbons (Fsp3) is 0.250. The summed E-state index contributed by atoms with van der Waals surface area (Å²) in [4.78, 5) is 14.5. The number of aryl methyl sites for hydroxylation is 1. The number of nitrogens with two attached hydrogens (primary N) is 1. The molecular formula is C8H10N2O2. The van der Waals surface area contributed by atoms with Gasteiger partial charge in [-0.2, -0.15) is 0 Å². The van der Waals surface area contributed by atoms with Crippen molar-refractivity contribution in [3.63, 3.8) is 0 Å². The molecule has 64 valence electrons. The van der Waals surface area contributed by atoms with Gasteiger partial charge < -0.3 is 10.8 Å². The number of rotatable bonds is 2. The lowest BCUT2D eigenvalue weighted by Crippen LogP contribution is -2.09. The second kappa shape index (κ2) is 3.32. The van der Waals surface area contributed by atoms with Gasteiger partial charge in [0.1, 0.15) is 0 Å². The topological polar surface area (TPSA) is 76.2 Å². The van der Waals surface area contributed by atoms with E-state index >= 15 is 0 Å². The number of aromatic nitrogens is 1. The third-order valence-electron chi connectivity index (χ3n) is 1.53. The zero-order chi connectivity index (χ0) is 9.14. The Morgan fingerprint density at radius 1 is 1.75 bits per heavy atom. The Bertz CT molecular complexity index is 310. The van der Waals surface area contributed by atoms with Gasteiger partial charge in [0.25, 0.3) is 0 Å². The van der Waals surface area contributed by atoms with Crippen molar-refractivity contribution in [1.82, 2.24) is 4.98 Å². The predicted molar refractivity (Wildman–Crippen MR) is 43.8 cm³/mol. The van der Waals surface area contributed by atoms with Crippen LogP contribution in [0.1, 0.15) is 21.6 Å². The number of nitrogens with zero attached hydrogens (tertiary/aromatic N) is 1. The van der Waals surface area contributed by atoms with E-state index in [-0.39, 0.29) is 12.1 Å². The Balaban J connectivity index is 3.21. The molecule has 0 radical (unpaired) electrons. The molecule has 0 amide bonds. The molecule has 0 aliphatic heterocycles. The van der Waals surface area contributed by atoms with Gasteiger partial charge in [0.2, 0.25) is 0 Å². The van der Waals surface area contributed by atoms with Crippen molar-refractivity contribution in [2.45, 2.75) is 13.5 Å². The summed E-state index contributed by atoms with van der Waals surface area (Å²) in [5, 5.41) is 8.73. The first-order valence-electron chi connectivity index (χ1n) is 3.54. The first-order chi connectivity index (χ1) is 5.65. The van der Waals surface area contributed by atoms with Crippen LogP contribution in [0.15, 0.2) is 12.3 Å². The van der Waals surface area contributed by atoms with Gasteiger partial charge in [-0.15, -0.1) is 0 Å². The van der Waals surface area contributed by atoms with Crippen LogP contribution in [-0.2, 0) is 6.54 Å². The molecule has 0 saturated heterocycles. The van der Waals surface area contributed by atoms with Crippen molar-refractivity contribution in [3.05, 3.63) is 29.1 Å². The molecule has 3 N–H and O–H groups in total. The maximum atomic E-state index is 10.6. The zero-order valence-electron chi connectivity index (χ0n) is 6.74. The smallest absolute Gasteiger partial charge is 0.337 e. The van der Waals surface area contributed by atoms with E-state index in [4.69, 9.17) is 10.8 Å². The van der Waals surface area contributed by atoms with Crippen LogP contribution in [-0.4, -0.2) is 16.1 Å². The Kier molecular flexibility index (Phi) is 2.40. The highest BCUT2D eigenvalue weighted by atomic mass is 16.4. The molecule has 4 heteroatoms. The van der Waals surface area contributed by atoms with E-state index in [9.17, 15) is 4.79 Å². The molecule has 0 unspecified atom stereocenters. The number of carboxylic acids is 1. The fourth-order valence-electron chi connectivity index (χ4n) is 0.945. The fourth-order valence-corrected chi connectivity index (χ4v) is 0.945. The minimum Gasteiger partial charge on any atom is -0.478 e. The molecule has 0 aliphatic rings. The third-order valence-corrected chi connectivity index (χ3v) is 1.53. The van der Waals surface area contributed by atoms with Crippen LogP contribution in [0.4, 0.5) is 0 Å². The lowest BCUT2D eigenvalue weighted by molar-refractivity contribution is 0.0695. The molecule has 1 rings (SSSR count).